The normalized spacial score (nSPS) is 19.4. The number of anilines is 1. The number of ether oxygens (including phenoxy) is 2. The quantitative estimate of drug-likeness (QED) is 0.0237. The number of aliphatic hydroxyl groups is 2. The molecule has 0 bridgehead atoms. The van der Waals surface area contributed by atoms with Crippen LogP contribution in [-0.4, -0.2) is 57.3 Å². The molecular weight excluding hydrogens is 679 g/mol. The van der Waals surface area contributed by atoms with Crippen LogP contribution in [0.4, 0.5) is 5.69 Å². The van der Waals surface area contributed by atoms with Crippen LogP contribution < -0.4 is 10.8 Å². The van der Waals surface area contributed by atoms with Crippen LogP contribution in [0.3, 0.4) is 0 Å². The first-order chi connectivity index (χ1) is 25.5. The first-order valence-corrected chi connectivity index (χ1v) is 19.0. The van der Waals surface area contributed by atoms with Gasteiger partial charge in [0.25, 0.3) is 5.22 Å². The van der Waals surface area contributed by atoms with E-state index in [4.69, 9.17) is 24.1 Å². The number of hydrogen-bond acceptors (Lipinski definition) is 10. The van der Waals surface area contributed by atoms with Crippen LogP contribution >= 0.6 is 11.8 Å². The molecule has 11 heteroatoms. The lowest BCUT2D eigenvalue weighted by Gasteiger charge is -2.37. The van der Waals surface area contributed by atoms with Gasteiger partial charge in [-0.25, -0.2) is 10.5 Å². The summed E-state index contributed by atoms with van der Waals surface area (Å²) in [4.78, 5) is 16.1. The Morgan fingerprint density at radius 2 is 1.62 bits per heavy atom. The molecule has 1 aromatic heterocycles. The fourth-order valence-corrected chi connectivity index (χ4v) is 7.26. The Bertz CT molecular complexity index is 1720. The summed E-state index contributed by atoms with van der Waals surface area (Å²) in [5, 5.41) is 32.5. The second-order valence-electron chi connectivity index (χ2n) is 13.1. The molecule has 1 aliphatic heterocycles. The number of aromatic nitrogens is 1. The number of carbonyl (C=O) groups is 1. The van der Waals surface area contributed by atoms with E-state index >= 15 is 0 Å². The van der Waals surface area contributed by atoms with Gasteiger partial charge in [0, 0.05) is 35.4 Å². The van der Waals surface area contributed by atoms with E-state index in [1.54, 1.807) is 5.48 Å². The summed E-state index contributed by atoms with van der Waals surface area (Å²) in [6, 6.07) is 28.1. The van der Waals surface area contributed by atoms with Gasteiger partial charge in [-0.2, -0.15) is 0 Å². The van der Waals surface area contributed by atoms with Crippen molar-refractivity contribution in [1.82, 2.24) is 10.5 Å². The fourth-order valence-electron chi connectivity index (χ4n) is 6.42. The lowest BCUT2D eigenvalue weighted by molar-refractivity contribution is -0.222. The molecule has 2 aliphatic rings. The zero-order chi connectivity index (χ0) is 36.1. The SMILES string of the molecule is O=C(CCCCCCC(O)Nc1ccc(C2CC(CSc3nc(-c4ccccc4)c(-c4ccccc4)o3)OC(C3=CC=C(CO)CC3)O2)cc1)NO. The van der Waals surface area contributed by atoms with Gasteiger partial charge in [0.05, 0.1) is 18.8 Å². The molecular formula is C41H47N3O7S. The molecule has 10 nitrogen and oxygen atoms in total. The number of nitrogens with one attached hydrogen (secondary N) is 2. The van der Waals surface area contributed by atoms with Crippen molar-refractivity contribution < 1.29 is 34.1 Å². The third-order valence-corrected chi connectivity index (χ3v) is 10.3. The highest BCUT2D eigenvalue weighted by Gasteiger charge is 2.34. The fraction of sp³-hybridized carbons (Fsp3) is 0.366. The summed E-state index contributed by atoms with van der Waals surface area (Å²) in [7, 11) is 0. The van der Waals surface area contributed by atoms with Crippen molar-refractivity contribution in [3.05, 3.63) is 114 Å². The van der Waals surface area contributed by atoms with Gasteiger partial charge in [-0.15, -0.1) is 0 Å². The number of carbonyl (C=O) groups excluding carboxylic acids is 1. The minimum Gasteiger partial charge on any atom is -0.431 e. The molecule has 0 radical (unpaired) electrons. The van der Waals surface area contributed by atoms with Crippen LogP contribution in [-0.2, 0) is 14.3 Å². The van der Waals surface area contributed by atoms with Crippen LogP contribution in [0, 0.1) is 0 Å². The van der Waals surface area contributed by atoms with E-state index in [-0.39, 0.29) is 24.7 Å². The highest BCUT2D eigenvalue weighted by atomic mass is 32.2. The number of unbranched alkanes of at least 4 members (excludes halogenated alkanes) is 3. The number of hydroxylamine groups is 1. The predicted molar refractivity (Wildman–Crippen MR) is 201 cm³/mol. The predicted octanol–water partition coefficient (Wildman–Crippen LogP) is 8.19. The summed E-state index contributed by atoms with van der Waals surface area (Å²) in [6.07, 6.45) is 8.71. The molecule has 0 spiro atoms. The average Bonchev–Trinajstić information content (AvgIpc) is 3.63. The minimum absolute atomic E-state index is 0.0464. The summed E-state index contributed by atoms with van der Waals surface area (Å²) < 4.78 is 19.6. The van der Waals surface area contributed by atoms with Gasteiger partial charge in [-0.3, -0.25) is 10.0 Å². The number of benzene rings is 3. The maximum absolute atomic E-state index is 11.1. The second-order valence-corrected chi connectivity index (χ2v) is 14.1. The summed E-state index contributed by atoms with van der Waals surface area (Å²) in [5.74, 6) is 0.980. The average molecular weight is 726 g/mol. The molecule has 1 fully saturated rings. The molecule has 2 heterocycles. The molecule has 1 amide bonds. The lowest BCUT2D eigenvalue weighted by Crippen LogP contribution is -2.37. The third kappa shape index (κ3) is 10.4. The Labute approximate surface area is 308 Å². The first-order valence-electron chi connectivity index (χ1n) is 18.0. The summed E-state index contributed by atoms with van der Waals surface area (Å²) >= 11 is 1.53. The summed E-state index contributed by atoms with van der Waals surface area (Å²) in [5.41, 5.74) is 8.29. The zero-order valence-corrected chi connectivity index (χ0v) is 30.0. The van der Waals surface area contributed by atoms with Gasteiger partial charge in [-0.1, -0.05) is 110 Å². The largest absolute Gasteiger partial charge is 0.431 e. The van der Waals surface area contributed by atoms with Gasteiger partial charge < -0.3 is 29.4 Å². The Balaban J connectivity index is 1.11. The molecule has 4 aromatic rings. The molecule has 4 unspecified atom stereocenters. The Kier molecular flexibility index (Phi) is 13.7. The monoisotopic (exact) mass is 725 g/mol. The topological polar surface area (TPSA) is 146 Å². The maximum Gasteiger partial charge on any atom is 0.256 e. The molecule has 6 rings (SSSR count). The zero-order valence-electron chi connectivity index (χ0n) is 29.2. The highest BCUT2D eigenvalue weighted by Crippen LogP contribution is 2.40. The number of rotatable bonds is 17. The second kappa shape index (κ2) is 19.0. The third-order valence-electron chi connectivity index (χ3n) is 9.31. The van der Waals surface area contributed by atoms with Crippen molar-refractivity contribution in [1.29, 1.82) is 0 Å². The highest BCUT2D eigenvalue weighted by molar-refractivity contribution is 7.99. The van der Waals surface area contributed by atoms with Crippen molar-refractivity contribution in [2.24, 2.45) is 0 Å². The van der Waals surface area contributed by atoms with Crippen molar-refractivity contribution >= 4 is 23.4 Å². The molecule has 4 atom stereocenters. The number of amides is 1. The van der Waals surface area contributed by atoms with E-state index in [0.717, 1.165) is 77.1 Å². The summed E-state index contributed by atoms with van der Waals surface area (Å²) in [6.45, 7) is 0.0464. The van der Waals surface area contributed by atoms with Crippen molar-refractivity contribution in [3.63, 3.8) is 0 Å². The van der Waals surface area contributed by atoms with Gasteiger partial charge in [0.2, 0.25) is 5.91 Å². The Morgan fingerprint density at radius 1 is 0.885 bits per heavy atom. The molecule has 1 aliphatic carbocycles. The smallest absolute Gasteiger partial charge is 0.256 e. The standard InChI is InChI=1S/C41H47N3O7S/c45-26-28-17-19-32(20-18-28)40-49-34(27-52-41-43-38(30-11-5-3-6-12-30)39(51-41)31-13-7-4-8-14-31)25-35(50-40)29-21-23-33(24-22-29)42-36(46)15-9-1-2-10-16-37(47)44-48/h3-8,11-14,17,19,21-24,34-36,40,42,45-46,48H,1-2,9-10,15-16,18,20,25-27H2,(H,44,47). The van der Waals surface area contributed by atoms with Crippen LogP contribution in [0.2, 0.25) is 0 Å². The van der Waals surface area contributed by atoms with E-state index in [0.29, 0.717) is 36.7 Å². The molecule has 52 heavy (non-hydrogen) atoms. The van der Waals surface area contributed by atoms with Crippen molar-refractivity contribution in [2.45, 2.75) is 87.7 Å². The van der Waals surface area contributed by atoms with Crippen molar-refractivity contribution in [3.8, 4) is 22.6 Å². The Hall–Kier alpha value is -4.23. The number of hydrogen-bond donors (Lipinski definition) is 5. The van der Waals surface area contributed by atoms with Gasteiger partial charge in [0.1, 0.15) is 11.9 Å². The minimum atomic E-state index is -0.688. The van der Waals surface area contributed by atoms with E-state index in [9.17, 15) is 15.0 Å². The lowest BCUT2D eigenvalue weighted by atomic mass is 9.96. The van der Waals surface area contributed by atoms with E-state index in [1.165, 1.54) is 11.8 Å². The van der Waals surface area contributed by atoms with Crippen LogP contribution in [0.15, 0.2) is 118 Å². The number of aliphatic hydroxyl groups excluding tert-OH is 2. The van der Waals surface area contributed by atoms with Gasteiger partial charge >= 0.3 is 0 Å². The van der Waals surface area contributed by atoms with E-state index in [2.05, 4.69) is 5.32 Å². The molecule has 3 aromatic carbocycles. The molecule has 1 saturated heterocycles. The molecule has 0 saturated carbocycles. The number of nitrogens with zero attached hydrogens (tertiary/aromatic N) is 1. The van der Waals surface area contributed by atoms with E-state index in [1.807, 2.05) is 97.1 Å². The Morgan fingerprint density at radius 3 is 2.31 bits per heavy atom. The number of oxazole rings is 1. The van der Waals surface area contributed by atoms with E-state index < -0.39 is 12.5 Å². The maximum atomic E-state index is 11.1. The van der Waals surface area contributed by atoms with Crippen molar-refractivity contribution in [2.75, 3.05) is 17.7 Å². The van der Waals surface area contributed by atoms with Gasteiger partial charge in [-0.05, 0) is 60.9 Å². The molecule has 274 valence electrons. The van der Waals surface area contributed by atoms with Crippen LogP contribution in [0.25, 0.3) is 22.6 Å². The molecule has 5 N–H and O–H groups in total. The number of allylic oxidation sites excluding steroid dienone is 2. The number of thioether (sulfide) groups is 1. The first kappa shape index (κ1) is 37.5. The van der Waals surface area contributed by atoms with Crippen LogP contribution in [0.5, 0.6) is 0 Å². The van der Waals surface area contributed by atoms with Gasteiger partial charge in [0.15, 0.2) is 12.1 Å². The van der Waals surface area contributed by atoms with Crippen LogP contribution in [0.1, 0.15) is 69.5 Å².